The number of carbonyl (C=O) groups is 3. The van der Waals surface area contributed by atoms with Gasteiger partial charge in [-0.2, -0.15) is 0 Å². The van der Waals surface area contributed by atoms with E-state index < -0.39 is 18.4 Å². The lowest BCUT2D eigenvalue weighted by molar-refractivity contribution is -0.870. The van der Waals surface area contributed by atoms with Gasteiger partial charge in [-0.15, -0.1) is 0 Å². The van der Waals surface area contributed by atoms with E-state index in [9.17, 15) is 19.5 Å². The molecule has 0 amide bonds. The molecule has 2 atom stereocenters. The Morgan fingerprint density at radius 1 is 0.286 bits per heavy atom. The number of carbonyl (C=O) groups excluding carboxylic acids is 2. The quantitative estimate of drug-likeness (QED) is 0.0278. The number of esters is 2. The Balaban J connectivity index is 3.93. The summed E-state index contributed by atoms with van der Waals surface area (Å²) in [6, 6.07) is 0. The molecule has 0 saturated carbocycles. The Labute approximate surface area is 568 Å². The van der Waals surface area contributed by atoms with E-state index in [0.717, 1.165) is 38.5 Å². The summed E-state index contributed by atoms with van der Waals surface area (Å²) in [6.45, 7) is 4.99. The fraction of sp³-hybridized carbons (Fsp3) is 0.963. The van der Waals surface area contributed by atoms with Crippen molar-refractivity contribution < 1.29 is 42.9 Å². The number of carboxylic acids is 1. The molecule has 0 spiro atoms. The number of ether oxygens (including phenoxy) is 4. The molecular formula is C82H162NO8+. The number of quaternary nitrogens is 1. The van der Waals surface area contributed by atoms with Crippen LogP contribution in [0, 0.1) is 0 Å². The van der Waals surface area contributed by atoms with Crippen molar-refractivity contribution in [2.75, 3.05) is 47.5 Å². The van der Waals surface area contributed by atoms with Crippen molar-refractivity contribution in [1.82, 2.24) is 0 Å². The minimum Gasteiger partial charge on any atom is -0.477 e. The van der Waals surface area contributed by atoms with Crippen LogP contribution in [-0.2, 0) is 33.3 Å². The second-order valence-corrected chi connectivity index (χ2v) is 29.8. The number of likely N-dealkylation sites (N-methyl/N-ethyl adjacent to an activating group) is 1. The molecule has 9 heteroatoms. The third-order valence-electron chi connectivity index (χ3n) is 19.4. The van der Waals surface area contributed by atoms with Crippen LogP contribution in [-0.4, -0.2) is 87.4 Å². The summed E-state index contributed by atoms with van der Waals surface area (Å²) in [4.78, 5) is 37.7. The molecule has 542 valence electrons. The molecule has 1 N–H and O–H groups in total. The van der Waals surface area contributed by atoms with Crippen LogP contribution >= 0.6 is 0 Å². The Bertz CT molecular complexity index is 1450. The molecule has 0 heterocycles. The minimum absolute atomic E-state index is 0.172. The van der Waals surface area contributed by atoms with E-state index in [1.807, 2.05) is 21.1 Å². The molecule has 2 unspecified atom stereocenters. The average Bonchev–Trinajstić information content (AvgIpc) is 3.46. The van der Waals surface area contributed by atoms with Gasteiger partial charge in [0.1, 0.15) is 13.2 Å². The SMILES string of the molecule is CCCCCCCCCCCCCCCCCCCCCCCCCCCCCCCCCCCCCC(=O)OC(COC(=O)CCCCCCCCCCCCCCCCCCCCCCCCCCCCCCCCC)COC(OCC[N+](C)(C)C)C(=O)O. The van der Waals surface area contributed by atoms with E-state index in [2.05, 4.69) is 13.8 Å². The Morgan fingerprint density at radius 3 is 0.703 bits per heavy atom. The van der Waals surface area contributed by atoms with E-state index in [4.69, 9.17) is 18.9 Å². The molecule has 0 aliphatic carbocycles. The first-order chi connectivity index (χ1) is 44.6. The minimum atomic E-state index is -1.51. The zero-order valence-corrected chi connectivity index (χ0v) is 62.3. The molecule has 0 radical (unpaired) electrons. The highest BCUT2D eigenvalue weighted by Gasteiger charge is 2.25. The van der Waals surface area contributed by atoms with E-state index in [-0.39, 0.29) is 38.2 Å². The predicted molar refractivity (Wildman–Crippen MR) is 392 cm³/mol. The van der Waals surface area contributed by atoms with Crippen LogP contribution in [0.3, 0.4) is 0 Å². The van der Waals surface area contributed by atoms with Gasteiger partial charge < -0.3 is 28.5 Å². The molecule has 0 aliphatic rings. The zero-order chi connectivity index (χ0) is 66.1. The largest absolute Gasteiger partial charge is 0.477 e. The lowest BCUT2D eigenvalue weighted by Gasteiger charge is -2.25. The van der Waals surface area contributed by atoms with Crippen LogP contribution in [0.1, 0.15) is 450 Å². The van der Waals surface area contributed by atoms with Crippen molar-refractivity contribution in [1.29, 1.82) is 0 Å². The highest BCUT2D eigenvalue weighted by molar-refractivity contribution is 5.71. The van der Waals surface area contributed by atoms with Crippen LogP contribution in [0.15, 0.2) is 0 Å². The van der Waals surface area contributed by atoms with Crippen LogP contribution in [0.5, 0.6) is 0 Å². The zero-order valence-electron chi connectivity index (χ0n) is 62.3. The number of nitrogens with zero attached hydrogens (tertiary/aromatic N) is 1. The van der Waals surface area contributed by atoms with Crippen molar-refractivity contribution in [2.24, 2.45) is 0 Å². The molecule has 0 aromatic carbocycles. The van der Waals surface area contributed by atoms with Crippen LogP contribution in [0.25, 0.3) is 0 Å². The average molecular weight is 1290 g/mol. The van der Waals surface area contributed by atoms with Gasteiger partial charge in [0, 0.05) is 12.8 Å². The van der Waals surface area contributed by atoms with Crippen molar-refractivity contribution in [3.8, 4) is 0 Å². The molecule has 0 saturated heterocycles. The Kier molecular flexibility index (Phi) is 72.7. The summed E-state index contributed by atoms with van der Waals surface area (Å²) in [6.07, 6.45) is 88.5. The van der Waals surface area contributed by atoms with Gasteiger partial charge >= 0.3 is 17.9 Å². The topological polar surface area (TPSA) is 108 Å². The number of unbranched alkanes of at least 4 members (excludes halogenated alkanes) is 64. The monoisotopic (exact) mass is 1290 g/mol. The van der Waals surface area contributed by atoms with Gasteiger partial charge in [0.25, 0.3) is 6.29 Å². The molecule has 9 nitrogen and oxygen atoms in total. The van der Waals surface area contributed by atoms with Gasteiger partial charge in [-0.1, -0.05) is 425 Å². The van der Waals surface area contributed by atoms with Gasteiger partial charge in [0.15, 0.2) is 6.10 Å². The standard InChI is InChI=1S/C82H161NO8/c1-6-8-10-12-14-16-18-20-22-24-26-28-30-32-34-36-38-39-40-41-43-45-47-49-51-53-55-57-59-61-63-65-67-69-71-73-80(85)91-78(77-90-82(81(86)87)88-75-74-83(3,4)5)76-89-79(84)72-70-68-66-64-62-60-58-56-54-52-50-48-46-44-42-37-35-33-31-29-27-25-23-21-19-17-15-13-11-9-7-2/h78,82H,6-77H2,1-5H3/p+1. The third kappa shape index (κ3) is 75.5. The number of rotatable bonds is 79. The van der Waals surface area contributed by atoms with Crippen molar-refractivity contribution in [3.05, 3.63) is 0 Å². The van der Waals surface area contributed by atoms with Crippen LogP contribution < -0.4 is 0 Å². The second-order valence-electron chi connectivity index (χ2n) is 29.8. The molecule has 0 fully saturated rings. The summed E-state index contributed by atoms with van der Waals surface area (Å²) < 4.78 is 23.1. The molecule has 0 bridgehead atoms. The summed E-state index contributed by atoms with van der Waals surface area (Å²) in [7, 11) is 6.01. The van der Waals surface area contributed by atoms with Crippen molar-refractivity contribution >= 4 is 17.9 Å². The number of aliphatic carboxylic acids is 1. The van der Waals surface area contributed by atoms with Gasteiger partial charge in [-0.25, -0.2) is 4.79 Å². The predicted octanol–water partition coefficient (Wildman–Crippen LogP) is 26.2. The van der Waals surface area contributed by atoms with E-state index in [1.54, 1.807) is 0 Å². The number of hydrogen-bond acceptors (Lipinski definition) is 7. The second kappa shape index (κ2) is 74.1. The number of carboxylic acid groups (broad SMARTS) is 1. The van der Waals surface area contributed by atoms with E-state index >= 15 is 0 Å². The maximum Gasteiger partial charge on any atom is 0.361 e. The van der Waals surface area contributed by atoms with Gasteiger partial charge in [0.05, 0.1) is 34.4 Å². The van der Waals surface area contributed by atoms with Crippen molar-refractivity contribution in [3.63, 3.8) is 0 Å². The maximum atomic E-state index is 13.0. The fourth-order valence-electron chi connectivity index (χ4n) is 13.1. The highest BCUT2D eigenvalue weighted by atomic mass is 16.7. The Morgan fingerprint density at radius 2 is 0.495 bits per heavy atom. The number of hydrogen-bond donors (Lipinski definition) is 1. The van der Waals surface area contributed by atoms with Gasteiger partial charge in [-0.05, 0) is 12.8 Å². The molecule has 0 aliphatic heterocycles. The lowest BCUT2D eigenvalue weighted by atomic mass is 10.0. The highest BCUT2D eigenvalue weighted by Crippen LogP contribution is 2.21. The molecule has 0 aromatic rings. The van der Waals surface area contributed by atoms with Gasteiger partial charge in [0.2, 0.25) is 0 Å². The lowest BCUT2D eigenvalue weighted by Crippen LogP contribution is -2.40. The van der Waals surface area contributed by atoms with Crippen molar-refractivity contribution in [2.45, 2.75) is 463 Å². The molecule has 0 rings (SSSR count). The first-order valence-electron chi connectivity index (χ1n) is 41.2. The Hall–Kier alpha value is -1.71. The third-order valence-corrected chi connectivity index (χ3v) is 19.4. The summed E-state index contributed by atoms with van der Waals surface area (Å²) >= 11 is 0. The van der Waals surface area contributed by atoms with E-state index in [0.29, 0.717) is 17.4 Å². The first kappa shape index (κ1) is 89.3. The summed E-state index contributed by atoms with van der Waals surface area (Å²) in [5.74, 6) is -1.96. The summed E-state index contributed by atoms with van der Waals surface area (Å²) in [5.41, 5.74) is 0. The molecule has 0 aromatic heterocycles. The molecule has 91 heavy (non-hydrogen) atoms. The fourth-order valence-corrected chi connectivity index (χ4v) is 13.1. The van der Waals surface area contributed by atoms with Crippen LogP contribution in [0.2, 0.25) is 0 Å². The smallest absolute Gasteiger partial charge is 0.361 e. The first-order valence-corrected chi connectivity index (χ1v) is 41.2. The maximum absolute atomic E-state index is 13.0. The van der Waals surface area contributed by atoms with Crippen LogP contribution in [0.4, 0.5) is 0 Å². The van der Waals surface area contributed by atoms with E-state index in [1.165, 1.54) is 385 Å². The molecular weight excluding hydrogens is 1130 g/mol. The normalized spacial score (nSPS) is 12.5. The van der Waals surface area contributed by atoms with Gasteiger partial charge in [-0.3, -0.25) is 9.59 Å². The summed E-state index contributed by atoms with van der Waals surface area (Å²) in [5, 5.41) is 9.77.